The largest absolute Gasteiger partial charge is 0.331 e. The summed E-state index contributed by atoms with van der Waals surface area (Å²) in [5.41, 5.74) is 1.97. The molecule has 1 aromatic rings. The van der Waals surface area contributed by atoms with Gasteiger partial charge in [-0.15, -0.1) is 0 Å². The average Bonchev–Trinajstić information content (AvgIpc) is 2.97. The van der Waals surface area contributed by atoms with Gasteiger partial charge in [0.05, 0.1) is 0 Å². The Hall–Kier alpha value is -1.49. The molecule has 1 aliphatic rings. The number of likely N-dealkylation sites (tertiary alicyclic amines) is 1. The average molecular weight is 349 g/mol. The number of nitrogens with one attached hydrogen (secondary N) is 1. The molecule has 2 rings (SSSR count). The number of anilines is 1. The van der Waals surface area contributed by atoms with E-state index in [1.54, 1.807) is 16.7 Å². The molecule has 132 valence electrons. The first-order chi connectivity index (χ1) is 11.3. The van der Waals surface area contributed by atoms with E-state index in [-0.39, 0.29) is 23.3 Å². The number of hydrogen-bond acceptors (Lipinski definition) is 3. The number of thioether (sulfide) groups is 1. The van der Waals surface area contributed by atoms with E-state index in [2.05, 4.69) is 11.6 Å². The van der Waals surface area contributed by atoms with Gasteiger partial charge in [-0.3, -0.25) is 9.59 Å². The molecule has 5 heteroatoms. The fraction of sp³-hybridized carbons (Fsp3) is 0.579. The van der Waals surface area contributed by atoms with Crippen molar-refractivity contribution < 1.29 is 9.59 Å². The molecule has 1 aromatic carbocycles. The van der Waals surface area contributed by atoms with Gasteiger partial charge in [0, 0.05) is 24.4 Å². The Bertz CT molecular complexity index is 578. The van der Waals surface area contributed by atoms with E-state index in [1.807, 2.05) is 45.0 Å². The van der Waals surface area contributed by atoms with Crippen LogP contribution in [0.5, 0.6) is 0 Å². The van der Waals surface area contributed by atoms with Crippen LogP contribution in [0.4, 0.5) is 5.69 Å². The van der Waals surface area contributed by atoms with E-state index in [0.29, 0.717) is 13.0 Å². The van der Waals surface area contributed by atoms with E-state index >= 15 is 0 Å². The van der Waals surface area contributed by atoms with Crippen LogP contribution in [0.1, 0.15) is 45.6 Å². The first-order valence-electron chi connectivity index (χ1n) is 8.48. The summed E-state index contributed by atoms with van der Waals surface area (Å²) in [6, 6.07) is 7.58. The standard InChI is InChI=1S/C19H28N2O2S/c1-19(2,3)12-17(22)21-11-5-6-16(21)18(23)20-15-9-7-14(8-10-15)13-24-4/h7-10,16H,5-6,11-13H2,1-4H3,(H,20,23). The van der Waals surface area contributed by atoms with Gasteiger partial charge in [-0.25, -0.2) is 0 Å². The van der Waals surface area contributed by atoms with Gasteiger partial charge in [0.1, 0.15) is 6.04 Å². The summed E-state index contributed by atoms with van der Waals surface area (Å²) in [6.45, 7) is 6.82. The fourth-order valence-electron chi connectivity index (χ4n) is 2.97. The molecule has 0 spiro atoms. The van der Waals surface area contributed by atoms with Gasteiger partial charge < -0.3 is 10.2 Å². The molecule has 24 heavy (non-hydrogen) atoms. The zero-order valence-electron chi connectivity index (χ0n) is 15.1. The second-order valence-electron chi connectivity index (χ2n) is 7.60. The van der Waals surface area contributed by atoms with Gasteiger partial charge in [0.2, 0.25) is 11.8 Å². The molecule has 1 aliphatic heterocycles. The van der Waals surface area contributed by atoms with Crippen LogP contribution in [-0.2, 0) is 15.3 Å². The van der Waals surface area contributed by atoms with E-state index in [9.17, 15) is 9.59 Å². The number of nitrogens with zero attached hydrogens (tertiary/aromatic N) is 1. The molecule has 1 atom stereocenters. The van der Waals surface area contributed by atoms with Crippen LogP contribution < -0.4 is 5.32 Å². The van der Waals surface area contributed by atoms with E-state index < -0.39 is 0 Å². The maximum Gasteiger partial charge on any atom is 0.247 e. The van der Waals surface area contributed by atoms with E-state index in [1.165, 1.54) is 5.56 Å². The lowest BCUT2D eigenvalue weighted by atomic mass is 9.91. The molecule has 0 bridgehead atoms. The van der Waals surface area contributed by atoms with Gasteiger partial charge >= 0.3 is 0 Å². The minimum Gasteiger partial charge on any atom is -0.331 e. The monoisotopic (exact) mass is 348 g/mol. The molecule has 1 unspecified atom stereocenters. The molecule has 1 saturated heterocycles. The molecular weight excluding hydrogens is 320 g/mol. The predicted molar refractivity (Wildman–Crippen MR) is 101 cm³/mol. The molecule has 1 heterocycles. The summed E-state index contributed by atoms with van der Waals surface area (Å²) in [4.78, 5) is 26.8. The maximum absolute atomic E-state index is 12.6. The highest BCUT2D eigenvalue weighted by atomic mass is 32.2. The second-order valence-corrected chi connectivity index (χ2v) is 8.47. The summed E-state index contributed by atoms with van der Waals surface area (Å²) >= 11 is 1.77. The first-order valence-corrected chi connectivity index (χ1v) is 9.88. The van der Waals surface area contributed by atoms with Crippen LogP contribution in [0.3, 0.4) is 0 Å². The highest BCUT2D eigenvalue weighted by Crippen LogP contribution is 2.25. The molecule has 1 N–H and O–H groups in total. The smallest absolute Gasteiger partial charge is 0.247 e. The van der Waals surface area contributed by atoms with Crippen molar-refractivity contribution in [3.8, 4) is 0 Å². The maximum atomic E-state index is 12.6. The van der Waals surface area contributed by atoms with Crippen molar-refractivity contribution in [2.75, 3.05) is 18.1 Å². The summed E-state index contributed by atoms with van der Waals surface area (Å²) in [5, 5.41) is 2.96. The SMILES string of the molecule is CSCc1ccc(NC(=O)C2CCCN2C(=O)CC(C)(C)C)cc1. The Labute approximate surface area is 149 Å². The van der Waals surface area contributed by atoms with Crippen molar-refractivity contribution in [2.24, 2.45) is 5.41 Å². The molecule has 1 fully saturated rings. The van der Waals surface area contributed by atoms with Crippen LogP contribution in [0, 0.1) is 5.41 Å². The van der Waals surface area contributed by atoms with Crippen LogP contribution in [0.15, 0.2) is 24.3 Å². The predicted octanol–water partition coefficient (Wildman–Crippen LogP) is 3.92. The number of carbonyl (C=O) groups is 2. The van der Waals surface area contributed by atoms with Crippen molar-refractivity contribution in [1.82, 2.24) is 4.90 Å². The van der Waals surface area contributed by atoms with Crippen LogP contribution in [0.2, 0.25) is 0 Å². The van der Waals surface area contributed by atoms with Gasteiger partial charge in [-0.05, 0) is 42.2 Å². The van der Waals surface area contributed by atoms with Crippen molar-refractivity contribution in [2.45, 2.75) is 51.8 Å². The summed E-state index contributed by atoms with van der Waals surface area (Å²) in [6.07, 6.45) is 4.17. The minimum absolute atomic E-state index is 0.0617. The quantitative estimate of drug-likeness (QED) is 0.877. The topological polar surface area (TPSA) is 49.4 Å². The Kier molecular flexibility index (Phi) is 6.33. The summed E-state index contributed by atoms with van der Waals surface area (Å²) < 4.78 is 0. The normalized spacial score (nSPS) is 17.8. The third-order valence-electron chi connectivity index (χ3n) is 4.09. The zero-order valence-corrected chi connectivity index (χ0v) is 15.9. The van der Waals surface area contributed by atoms with Crippen LogP contribution in [0.25, 0.3) is 0 Å². The molecule has 0 aliphatic carbocycles. The van der Waals surface area contributed by atoms with Gasteiger partial charge in [-0.1, -0.05) is 32.9 Å². The van der Waals surface area contributed by atoms with Crippen LogP contribution in [-0.4, -0.2) is 35.6 Å². The van der Waals surface area contributed by atoms with Crippen molar-refractivity contribution >= 4 is 29.3 Å². The van der Waals surface area contributed by atoms with Crippen molar-refractivity contribution in [1.29, 1.82) is 0 Å². The number of amides is 2. The molecule has 0 aromatic heterocycles. The highest BCUT2D eigenvalue weighted by molar-refractivity contribution is 7.97. The second kappa shape index (κ2) is 8.06. The van der Waals surface area contributed by atoms with E-state index in [0.717, 1.165) is 24.3 Å². The number of hydrogen-bond donors (Lipinski definition) is 1. The number of benzene rings is 1. The molecule has 0 saturated carbocycles. The van der Waals surface area contributed by atoms with Crippen molar-refractivity contribution in [3.05, 3.63) is 29.8 Å². The number of carbonyl (C=O) groups excluding carboxylic acids is 2. The molecule has 0 radical (unpaired) electrons. The lowest BCUT2D eigenvalue weighted by Gasteiger charge is -2.27. The summed E-state index contributed by atoms with van der Waals surface area (Å²) in [7, 11) is 0. The minimum atomic E-state index is -0.342. The molecule has 2 amide bonds. The fourth-order valence-corrected chi connectivity index (χ4v) is 3.50. The molecule has 4 nitrogen and oxygen atoms in total. The summed E-state index contributed by atoms with van der Waals surface area (Å²) in [5.74, 6) is 0.967. The van der Waals surface area contributed by atoms with Gasteiger partial charge in [0.25, 0.3) is 0 Å². The Morgan fingerprint density at radius 3 is 2.50 bits per heavy atom. The van der Waals surface area contributed by atoms with Gasteiger partial charge in [0.15, 0.2) is 0 Å². The van der Waals surface area contributed by atoms with Gasteiger partial charge in [-0.2, -0.15) is 11.8 Å². The Morgan fingerprint density at radius 2 is 1.92 bits per heavy atom. The Morgan fingerprint density at radius 1 is 1.25 bits per heavy atom. The lowest BCUT2D eigenvalue weighted by Crippen LogP contribution is -2.44. The Balaban J connectivity index is 1.98. The van der Waals surface area contributed by atoms with Crippen molar-refractivity contribution in [3.63, 3.8) is 0 Å². The number of rotatable bonds is 5. The third kappa shape index (κ3) is 5.26. The zero-order chi connectivity index (χ0) is 17.7. The highest BCUT2D eigenvalue weighted by Gasteiger charge is 2.35. The molecular formula is C19H28N2O2S. The first kappa shape index (κ1) is 18.8. The third-order valence-corrected chi connectivity index (χ3v) is 4.71. The lowest BCUT2D eigenvalue weighted by molar-refractivity contribution is -0.138. The van der Waals surface area contributed by atoms with E-state index in [4.69, 9.17) is 0 Å². The van der Waals surface area contributed by atoms with Crippen LogP contribution >= 0.6 is 11.8 Å².